The number of para-hydroxylation sites is 2. The summed E-state index contributed by atoms with van der Waals surface area (Å²) in [4.78, 5) is 12.7. The van der Waals surface area contributed by atoms with Crippen molar-refractivity contribution >= 4 is 33.2 Å². The van der Waals surface area contributed by atoms with Crippen molar-refractivity contribution in [2.75, 3.05) is 31.1 Å². The molecule has 174 valence electrons. The molecule has 1 N–H and O–H groups in total. The van der Waals surface area contributed by atoms with Crippen molar-refractivity contribution in [3.8, 4) is 11.5 Å². The highest BCUT2D eigenvalue weighted by molar-refractivity contribution is 7.92. The van der Waals surface area contributed by atoms with Crippen LogP contribution >= 0.6 is 11.6 Å². The monoisotopic (exact) mass is 488 g/mol. The van der Waals surface area contributed by atoms with E-state index in [4.69, 9.17) is 21.1 Å². The van der Waals surface area contributed by atoms with Gasteiger partial charge in [-0.3, -0.25) is 9.10 Å². The first-order chi connectivity index (χ1) is 15.8. The van der Waals surface area contributed by atoms with E-state index in [-0.39, 0.29) is 18.0 Å². The predicted octanol–water partition coefficient (Wildman–Crippen LogP) is 4.05. The zero-order valence-electron chi connectivity index (χ0n) is 18.3. The number of ether oxygens (including phenoxy) is 2. The van der Waals surface area contributed by atoms with Gasteiger partial charge in [-0.05, 0) is 48.9 Å². The number of carbonyl (C=O) groups excluding carboxylic acids is 1. The Kier molecular flexibility index (Phi) is 8.19. The summed E-state index contributed by atoms with van der Waals surface area (Å²) >= 11 is 6.23. The van der Waals surface area contributed by atoms with Crippen molar-refractivity contribution in [3.63, 3.8) is 0 Å². The summed E-state index contributed by atoms with van der Waals surface area (Å²) in [6.45, 7) is 1.78. The standard InChI is InChI=1S/C24H25ClN2O5S/c1-18-12-13-19(16-21(18)25)27(33(29,30)20-8-4-3-5-9-20)17-24(28)26-14-15-32-23-11-7-6-10-22(23)31-2/h3-13,16H,14-15,17H2,1-2H3,(H,26,28). The van der Waals surface area contributed by atoms with Crippen molar-refractivity contribution in [2.45, 2.75) is 11.8 Å². The van der Waals surface area contributed by atoms with Crippen LogP contribution in [0.25, 0.3) is 0 Å². The lowest BCUT2D eigenvalue weighted by Gasteiger charge is -2.24. The maximum atomic E-state index is 13.3. The molecule has 7 nitrogen and oxygen atoms in total. The first kappa shape index (κ1) is 24.4. The number of nitrogens with zero attached hydrogens (tertiary/aromatic N) is 1. The van der Waals surface area contributed by atoms with Crippen molar-refractivity contribution < 1.29 is 22.7 Å². The fraction of sp³-hybridized carbons (Fsp3) is 0.208. The Balaban J connectivity index is 1.72. The number of sulfonamides is 1. The number of rotatable bonds is 10. The second kappa shape index (κ2) is 11.1. The average Bonchev–Trinajstić information content (AvgIpc) is 2.83. The molecular formula is C24H25ClN2O5S. The SMILES string of the molecule is COc1ccccc1OCCNC(=O)CN(c1ccc(C)c(Cl)c1)S(=O)(=O)c1ccccc1. The number of methoxy groups -OCH3 is 1. The molecule has 0 atom stereocenters. The average molecular weight is 489 g/mol. The molecule has 0 heterocycles. The lowest BCUT2D eigenvalue weighted by molar-refractivity contribution is -0.119. The van der Waals surface area contributed by atoms with E-state index in [2.05, 4.69) is 5.32 Å². The molecule has 0 aliphatic carbocycles. The maximum Gasteiger partial charge on any atom is 0.264 e. The number of benzene rings is 3. The van der Waals surface area contributed by atoms with E-state index in [1.54, 1.807) is 49.6 Å². The number of amides is 1. The van der Waals surface area contributed by atoms with E-state index < -0.39 is 22.5 Å². The predicted molar refractivity (Wildman–Crippen MR) is 129 cm³/mol. The Labute approximate surface area is 198 Å². The third kappa shape index (κ3) is 6.18. The molecule has 0 saturated heterocycles. The molecule has 0 aliphatic heterocycles. The second-order valence-electron chi connectivity index (χ2n) is 7.11. The topological polar surface area (TPSA) is 84.9 Å². The van der Waals surface area contributed by atoms with Gasteiger partial charge in [0.1, 0.15) is 13.2 Å². The molecule has 9 heteroatoms. The Morgan fingerprint density at radius 2 is 1.67 bits per heavy atom. The van der Waals surface area contributed by atoms with Gasteiger partial charge in [-0.15, -0.1) is 0 Å². The van der Waals surface area contributed by atoms with Crippen LogP contribution in [0.1, 0.15) is 5.56 Å². The van der Waals surface area contributed by atoms with Crippen molar-refractivity contribution in [3.05, 3.63) is 83.4 Å². The molecule has 0 spiro atoms. The van der Waals surface area contributed by atoms with Gasteiger partial charge < -0.3 is 14.8 Å². The van der Waals surface area contributed by atoms with Gasteiger partial charge in [-0.1, -0.05) is 48.0 Å². The first-order valence-corrected chi connectivity index (χ1v) is 12.0. The Morgan fingerprint density at radius 1 is 1.00 bits per heavy atom. The smallest absolute Gasteiger partial charge is 0.264 e. The van der Waals surface area contributed by atoms with Crippen molar-refractivity contribution in [2.24, 2.45) is 0 Å². The van der Waals surface area contributed by atoms with E-state index in [0.717, 1.165) is 9.87 Å². The summed E-state index contributed by atoms with van der Waals surface area (Å²) in [5, 5.41) is 3.11. The van der Waals surface area contributed by atoms with Crippen LogP contribution in [0.15, 0.2) is 77.7 Å². The highest BCUT2D eigenvalue weighted by atomic mass is 35.5. The van der Waals surface area contributed by atoms with E-state index in [1.165, 1.54) is 18.2 Å². The fourth-order valence-electron chi connectivity index (χ4n) is 3.05. The van der Waals surface area contributed by atoms with Crippen LogP contribution in [-0.4, -0.2) is 41.1 Å². The lowest BCUT2D eigenvalue weighted by Crippen LogP contribution is -2.42. The molecule has 3 rings (SSSR count). The van der Waals surface area contributed by atoms with Gasteiger partial charge in [0.2, 0.25) is 5.91 Å². The van der Waals surface area contributed by atoms with Crippen molar-refractivity contribution in [1.82, 2.24) is 5.32 Å². The molecule has 0 fully saturated rings. The molecule has 0 saturated carbocycles. The minimum absolute atomic E-state index is 0.0778. The second-order valence-corrected chi connectivity index (χ2v) is 9.38. The van der Waals surface area contributed by atoms with Crippen LogP contribution in [0, 0.1) is 6.92 Å². The summed E-state index contributed by atoms with van der Waals surface area (Å²) < 4.78 is 38.5. The van der Waals surface area contributed by atoms with Gasteiger partial charge in [0, 0.05) is 5.02 Å². The van der Waals surface area contributed by atoms with Crippen LogP contribution < -0.4 is 19.1 Å². The highest BCUT2D eigenvalue weighted by Crippen LogP contribution is 2.28. The summed E-state index contributed by atoms with van der Waals surface area (Å²) in [6.07, 6.45) is 0. The minimum atomic E-state index is -4.00. The van der Waals surface area contributed by atoms with Crippen LogP contribution in [0.4, 0.5) is 5.69 Å². The molecule has 0 aromatic heterocycles. The van der Waals surface area contributed by atoms with Gasteiger partial charge in [-0.2, -0.15) is 0 Å². The maximum absolute atomic E-state index is 13.3. The van der Waals surface area contributed by atoms with Crippen LogP contribution in [-0.2, 0) is 14.8 Å². The van der Waals surface area contributed by atoms with Crippen LogP contribution in [0.2, 0.25) is 5.02 Å². The van der Waals surface area contributed by atoms with E-state index in [9.17, 15) is 13.2 Å². The summed E-state index contributed by atoms with van der Waals surface area (Å²) in [7, 11) is -2.45. The third-order valence-corrected chi connectivity index (χ3v) is 7.01. The summed E-state index contributed by atoms with van der Waals surface area (Å²) in [5.74, 6) is 0.659. The van der Waals surface area contributed by atoms with Crippen LogP contribution in [0.3, 0.4) is 0 Å². The van der Waals surface area contributed by atoms with Gasteiger partial charge >= 0.3 is 0 Å². The molecular weight excluding hydrogens is 464 g/mol. The van der Waals surface area contributed by atoms with Gasteiger partial charge in [0.15, 0.2) is 11.5 Å². The number of hydrogen-bond donors (Lipinski definition) is 1. The Hall–Kier alpha value is -3.23. The van der Waals surface area contributed by atoms with Crippen molar-refractivity contribution in [1.29, 1.82) is 0 Å². The normalized spacial score (nSPS) is 11.0. The molecule has 1 amide bonds. The van der Waals surface area contributed by atoms with Crippen LogP contribution in [0.5, 0.6) is 11.5 Å². The number of hydrogen-bond acceptors (Lipinski definition) is 5. The highest BCUT2D eigenvalue weighted by Gasteiger charge is 2.27. The molecule has 33 heavy (non-hydrogen) atoms. The quantitative estimate of drug-likeness (QED) is 0.435. The molecule has 0 aliphatic rings. The van der Waals surface area contributed by atoms with Gasteiger partial charge in [0.05, 0.1) is 24.2 Å². The zero-order chi connectivity index (χ0) is 23.8. The van der Waals surface area contributed by atoms with E-state index in [1.807, 2.05) is 19.1 Å². The molecule has 3 aromatic rings. The van der Waals surface area contributed by atoms with E-state index in [0.29, 0.717) is 22.2 Å². The minimum Gasteiger partial charge on any atom is -0.493 e. The van der Waals surface area contributed by atoms with Gasteiger partial charge in [0.25, 0.3) is 10.0 Å². The molecule has 0 bridgehead atoms. The Bertz CT molecular complexity index is 1200. The van der Waals surface area contributed by atoms with Gasteiger partial charge in [-0.25, -0.2) is 8.42 Å². The summed E-state index contributed by atoms with van der Waals surface area (Å²) in [6, 6.07) is 20.0. The van der Waals surface area contributed by atoms with E-state index >= 15 is 0 Å². The number of aryl methyl sites for hydroxylation is 1. The zero-order valence-corrected chi connectivity index (χ0v) is 19.9. The third-order valence-electron chi connectivity index (χ3n) is 4.81. The Morgan fingerprint density at radius 3 is 2.33 bits per heavy atom. The lowest BCUT2D eigenvalue weighted by atomic mass is 10.2. The first-order valence-electron chi connectivity index (χ1n) is 10.2. The molecule has 0 unspecified atom stereocenters. The number of anilines is 1. The fourth-order valence-corrected chi connectivity index (χ4v) is 4.66. The number of nitrogens with one attached hydrogen (secondary N) is 1. The molecule has 0 radical (unpaired) electrons. The summed E-state index contributed by atoms with van der Waals surface area (Å²) in [5.41, 5.74) is 1.10. The largest absolute Gasteiger partial charge is 0.493 e. The number of halogens is 1. The molecule has 3 aromatic carbocycles. The number of carbonyl (C=O) groups is 1.